The normalized spacial score (nSPS) is 16.1. The van der Waals surface area contributed by atoms with Crippen LogP contribution in [0, 0.1) is 0 Å². The molecular formula is C15H26ClN5. The second kappa shape index (κ2) is 7.25. The monoisotopic (exact) mass is 311 g/mol. The summed E-state index contributed by atoms with van der Waals surface area (Å²) in [4.78, 5) is 15.4. The van der Waals surface area contributed by atoms with Gasteiger partial charge in [0.2, 0.25) is 17.2 Å². The molecule has 1 aromatic heterocycles. The van der Waals surface area contributed by atoms with E-state index in [4.69, 9.17) is 11.6 Å². The van der Waals surface area contributed by atoms with Crippen molar-refractivity contribution in [2.75, 3.05) is 23.3 Å². The molecule has 0 aromatic carbocycles. The van der Waals surface area contributed by atoms with E-state index in [1.54, 1.807) is 0 Å². The molecule has 0 aliphatic carbocycles. The SMILES string of the molecule is CCC(CC)(CC)Nc1nc(Cl)nc(N2CCCCC2)n1. The van der Waals surface area contributed by atoms with Gasteiger partial charge in [-0.25, -0.2) is 0 Å². The first-order chi connectivity index (χ1) is 10.1. The highest BCUT2D eigenvalue weighted by molar-refractivity contribution is 6.28. The van der Waals surface area contributed by atoms with Crippen LogP contribution < -0.4 is 10.2 Å². The first kappa shape index (κ1) is 16.3. The zero-order valence-electron chi connectivity index (χ0n) is 13.3. The van der Waals surface area contributed by atoms with Crippen LogP contribution in [0.15, 0.2) is 0 Å². The Morgan fingerprint density at radius 1 is 1.00 bits per heavy atom. The molecule has 0 radical (unpaired) electrons. The van der Waals surface area contributed by atoms with Crippen molar-refractivity contribution >= 4 is 23.5 Å². The first-order valence-electron chi connectivity index (χ1n) is 8.07. The molecule has 0 bridgehead atoms. The van der Waals surface area contributed by atoms with E-state index in [1.165, 1.54) is 19.3 Å². The topological polar surface area (TPSA) is 53.9 Å². The average molecular weight is 312 g/mol. The van der Waals surface area contributed by atoms with Gasteiger partial charge in [0.15, 0.2) is 0 Å². The summed E-state index contributed by atoms with van der Waals surface area (Å²) in [5.74, 6) is 1.30. The summed E-state index contributed by atoms with van der Waals surface area (Å²) >= 11 is 6.10. The number of nitrogens with zero attached hydrogens (tertiary/aromatic N) is 4. The molecule has 0 unspecified atom stereocenters. The van der Waals surface area contributed by atoms with Gasteiger partial charge in [-0.1, -0.05) is 20.8 Å². The van der Waals surface area contributed by atoms with Crippen molar-refractivity contribution in [3.63, 3.8) is 0 Å². The molecule has 1 N–H and O–H groups in total. The van der Waals surface area contributed by atoms with E-state index < -0.39 is 0 Å². The Morgan fingerprint density at radius 2 is 1.62 bits per heavy atom. The van der Waals surface area contributed by atoms with Gasteiger partial charge in [-0.05, 0) is 50.1 Å². The van der Waals surface area contributed by atoms with Crippen LogP contribution in [0.2, 0.25) is 5.28 Å². The molecule has 2 rings (SSSR count). The highest BCUT2D eigenvalue weighted by atomic mass is 35.5. The van der Waals surface area contributed by atoms with Crippen LogP contribution in [0.4, 0.5) is 11.9 Å². The minimum Gasteiger partial charge on any atom is -0.349 e. The second-order valence-corrected chi connectivity index (χ2v) is 6.08. The number of hydrogen-bond acceptors (Lipinski definition) is 5. The van der Waals surface area contributed by atoms with Gasteiger partial charge in [0.05, 0.1) is 0 Å². The van der Waals surface area contributed by atoms with Crippen molar-refractivity contribution in [2.24, 2.45) is 0 Å². The van der Waals surface area contributed by atoms with Crippen LogP contribution in [0.25, 0.3) is 0 Å². The molecule has 1 fully saturated rings. The molecule has 5 nitrogen and oxygen atoms in total. The van der Waals surface area contributed by atoms with E-state index in [0.29, 0.717) is 11.9 Å². The minimum absolute atomic E-state index is 0.0316. The molecule has 0 spiro atoms. The largest absolute Gasteiger partial charge is 0.349 e. The number of aromatic nitrogens is 3. The van der Waals surface area contributed by atoms with Gasteiger partial charge in [-0.3, -0.25) is 0 Å². The molecule has 21 heavy (non-hydrogen) atoms. The van der Waals surface area contributed by atoms with Crippen LogP contribution in [-0.4, -0.2) is 33.6 Å². The highest BCUT2D eigenvalue weighted by Gasteiger charge is 2.25. The number of rotatable bonds is 6. The van der Waals surface area contributed by atoms with E-state index in [0.717, 1.165) is 32.4 Å². The summed E-state index contributed by atoms with van der Waals surface area (Å²) < 4.78 is 0. The molecule has 6 heteroatoms. The van der Waals surface area contributed by atoms with Crippen LogP contribution in [-0.2, 0) is 0 Å². The zero-order chi connectivity index (χ0) is 15.3. The zero-order valence-corrected chi connectivity index (χ0v) is 14.1. The van der Waals surface area contributed by atoms with E-state index in [-0.39, 0.29) is 10.8 Å². The molecule has 1 saturated heterocycles. The highest BCUT2D eigenvalue weighted by Crippen LogP contribution is 2.25. The van der Waals surface area contributed by atoms with Crippen LogP contribution in [0.3, 0.4) is 0 Å². The lowest BCUT2D eigenvalue weighted by molar-refractivity contribution is 0.417. The van der Waals surface area contributed by atoms with Gasteiger partial charge in [0, 0.05) is 18.6 Å². The smallest absolute Gasteiger partial charge is 0.231 e. The van der Waals surface area contributed by atoms with Crippen molar-refractivity contribution in [2.45, 2.75) is 64.8 Å². The van der Waals surface area contributed by atoms with E-state index in [9.17, 15) is 0 Å². The van der Waals surface area contributed by atoms with E-state index >= 15 is 0 Å². The van der Waals surface area contributed by atoms with Gasteiger partial charge >= 0.3 is 0 Å². The Labute approximate surface area is 132 Å². The molecule has 0 amide bonds. The molecular weight excluding hydrogens is 286 g/mol. The molecule has 1 aliphatic rings. The fourth-order valence-corrected chi connectivity index (χ4v) is 3.04. The number of piperidine rings is 1. The van der Waals surface area contributed by atoms with Gasteiger partial charge in [0.25, 0.3) is 0 Å². The maximum absolute atomic E-state index is 6.10. The quantitative estimate of drug-likeness (QED) is 0.863. The van der Waals surface area contributed by atoms with E-state index in [1.807, 2.05) is 0 Å². The molecule has 0 atom stereocenters. The fraction of sp³-hybridized carbons (Fsp3) is 0.800. The summed E-state index contributed by atoms with van der Waals surface area (Å²) in [6, 6.07) is 0. The van der Waals surface area contributed by atoms with Crippen molar-refractivity contribution in [3.8, 4) is 0 Å². The summed E-state index contributed by atoms with van der Waals surface area (Å²) in [5.41, 5.74) is 0.0316. The van der Waals surface area contributed by atoms with Gasteiger partial charge < -0.3 is 10.2 Å². The Hall–Kier alpha value is -1.10. The lowest BCUT2D eigenvalue weighted by atomic mass is 9.90. The van der Waals surface area contributed by atoms with Gasteiger partial charge in [0.1, 0.15) is 0 Å². The van der Waals surface area contributed by atoms with Gasteiger partial charge in [-0.15, -0.1) is 0 Å². The van der Waals surface area contributed by atoms with Crippen LogP contribution >= 0.6 is 11.6 Å². The third-order valence-electron chi connectivity index (χ3n) is 4.64. The Bertz CT molecular complexity index is 447. The second-order valence-electron chi connectivity index (χ2n) is 5.74. The number of nitrogens with one attached hydrogen (secondary N) is 1. The van der Waals surface area contributed by atoms with E-state index in [2.05, 4.69) is 45.9 Å². The summed E-state index contributed by atoms with van der Waals surface area (Å²) in [6.45, 7) is 8.57. The van der Waals surface area contributed by atoms with Crippen LogP contribution in [0.1, 0.15) is 59.3 Å². The van der Waals surface area contributed by atoms with Crippen molar-refractivity contribution in [1.82, 2.24) is 15.0 Å². The maximum Gasteiger partial charge on any atom is 0.231 e. The van der Waals surface area contributed by atoms with Crippen molar-refractivity contribution in [1.29, 1.82) is 0 Å². The van der Waals surface area contributed by atoms with Crippen LogP contribution in [0.5, 0.6) is 0 Å². The Kier molecular flexibility index (Phi) is 5.62. The minimum atomic E-state index is 0.0316. The molecule has 118 valence electrons. The summed E-state index contributed by atoms with van der Waals surface area (Å²) in [7, 11) is 0. The molecule has 0 saturated carbocycles. The average Bonchev–Trinajstić information content (AvgIpc) is 2.53. The first-order valence-corrected chi connectivity index (χ1v) is 8.45. The maximum atomic E-state index is 6.10. The summed E-state index contributed by atoms with van der Waals surface area (Å²) in [5, 5.41) is 3.76. The lowest BCUT2D eigenvalue weighted by Crippen LogP contribution is -2.37. The predicted octanol–water partition coefficient (Wildman–Crippen LogP) is 3.90. The number of anilines is 2. The summed E-state index contributed by atoms with van der Waals surface area (Å²) in [6.07, 6.45) is 6.75. The molecule has 1 aromatic rings. The standard InChI is InChI=1S/C15H26ClN5/c1-4-15(5-2,6-3)20-13-17-12(16)18-14(19-13)21-10-8-7-9-11-21/h4-11H2,1-3H3,(H,17,18,19,20). The third-order valence-corrected chi connectivity index (χ3v) is 4.81. The van der Waals surface area contributed by atoms with Gasteiger partial charge in [-0.2, -0.15) is 15.0 Å². The third kappa shape index (κ3) is 3.96. The fourth-order valence-electron chi connectivity index (χ4n) is 2.88. The Balaban J connectivity index is 2.21. The lowest BCUT2D eigenvalue weighted by Gasteiger charge is -2.32. The Morgan fingerprint density at radius 3 is 2.19 bits per heavy atom. The number of hydrogen-bond donors (Lipinski definition) is 1. The van der Waals surface area contributed by atoms with Crippen molar-refractivity contribution in [3.05, 3.63) is 5.28 Å². The molecule has 1 aliphatic heterocycles. The number of halogens is 1. The predicted molar refractivity (Wildman–Crippen MR) is 88.1 cm³/mol. The molecule has 2 heterocycles. The van der Waals surface area contributed by atoms with Crippen molar-refractivity contribution < 1.29 is 0 Å².